The summed E-state index contributed by atoms with van der Waals surface area (Å²) in [6.07, 6.45) is 6.14. The van der Waals surface area contributed by atoms with Crippen LogP contribution >= 0.6 is 22.9 Å². The molecule has 0 fully saturated rings. The first-order valence-electron chi connectivity index (χ1n) is 5.97. The van der Waals surface area contributed by atoms with E-state index < -0.39 is 0 Å². The number of aryl methyl sites for hydroxylation is 1. The number of hydrogen-bond acceptors (Lipinski definition) is 5. The molecule has 1 N–H and O–H groups in total. The molecule has 18 heavy (non-hydrogen) atoms. The second-order valence-electron chi connectivity index (χ2n) is 4.25. The van der Waals surface area contributed by atoms with Crippen LogP contribution in [0.4, 0.5) is 5.82 Å². The molecule has 4 nitrogen and oxygen atoms in total. The summed E-state index contributed by atoms with van der Waals surface area (Å²) in [6.45, 7) is 0. The maximum Gasteiger partial charge on any atom is 0.190 e. The average Bonchev–Trinajstić information content (AvgIpc) is 2.84. The van der Waals surface area contributed by atoms with Crippen molar-refractivity contribution in [2.45, 2.75) is 25.7 Å². The summed E-state index contributed by atoms with van der Waals surface area (Å²) < 4.78 is 0.664. The minimum atomic E-state index is 0.664. The van der Waals surface area contributed by atoms with Gasteiger partial charge in [-0.2, -0.15) is 0 Å². The zero-order chi connectivity index (χ0) is 12.5. The molecular formula is C12H13ClN4S. The van der Waals surface area contributed by atoms with E-state index in [0.29, 0.717) is 10.2 Å². The number of thiazole rings is 1. The Morgan fingerprint density at radius 2 is 2.11 bits per heavy atom. The van der Waals surface area contributed by atoms with E-state index in [1.165, 1.54) is 29.7 Å². The molecule has 0 radical (unpaired) electrons. The van der Waals surface area contributed by atoms with Gasteiger partial charge in [-0.3, -0.25) is 0 Å². The molecule has 0 saturated heterocycles. The monoisotopic (exact) mass is 280 g/mol. The predicted octanol–water partition coefficient (Wildman–Crippen LogP) is 3.17. The smallest absolute Gasteiger partial charge is 0.190 e. The van der Waals surface area contributed by atoms with Crippen LogP contribution in [0, 0.1) is 0 Å². The Morgan fingerprint density at radius 3 is 2.83 bits per heavy atom. The van der Waals surface area contributed by atoms with Crippen molar-refractivity contribution in [3.8, 4) is 10.8 Å². The molecule has 94 valence electrons. The number of hydrogen-bond donors (Lipinski definition) is 1. The lowest BCUT2D eigenvalue weighted by molar-refractivity contribution is 0.665. The molecule has 2 aromatic rings. The van der Waals surface area contributed by atoms with Gasteiger partial charge in [0.1, 0.15) is 10.2 Å². The quantitative estimate of drug-likeness (QED) is 0.918. The number of fused-ring (bicyclic) bond motifs is 1. The fraction of sp³-hybridized carbons (Fsp3) is 0.417. The maximum absolute atomic E-state index is 5.91. The minimum absolute atomic E-state index is 0.664. The van der Waals surface area contributed by atoms with Gasteiger partial charge >= 0.3 is 0 Å². The molecule has 0 bridgehead atoms. The Labute approximate surface area is 114 Å². The highest BCUT2D eigenvalue weighted by molar-refractivity contribution is 7.18. The van der Waals surface area contributed by atoms with Crippen molar-refractivity contribution >= 4 is 28.8 Å². The van der Waals surface area contributed by atoms with E-state index in [9.17, 15) is 0 Å². The number of aromatic nitrogens is 3. The van der Waals surface area contributed by atoms with E-state index in [1.807, 2.05) is 7.05 Å². The third kappa shape index (κ3) is 2.08. The summed E-state index contributed by atoms with van der Waals surface area (Å²) in [5.41, 5.74) is 2.41. The molecule has 1 aliphatic rings. The number of anilines is 1. The second-order valence-corrected chi connectivity index (χ2v) is 5.91. The van der Waals surface area contributed by atoms with Crippen LogP contribution < -0.4 is 5.32 Å². The molecule has 1 aliphatic carbocycles. The Morgan fingerprint density at radius 1 is 1.28 bits per heavy atom. The van der Waals surface area contributed by atoms with Crippen LogP contribution in [-0.4, -0.2) is 22.0 Å². The van der Waals surface area contributed by atoms with Crippen molar-refractivity contribution in [2.75, 3.05) is 12.4 Å². The van der Waals surface area contributed by atoms with Gasteiger partial charge in [0.05, 0.1) is 6.20 Å². The van der Waals surface area contributed by atoms with Crippen molar-refractivity contribution in [1.29, 1.82) is 0 Å². The third-order valence-electron chi connectivity index (χ3n) is 3.09. The van der Waals surface area contributed by atoms with E-state index in [-0.39, 0.29) is 0 Å². The summed E-state index contributed by atoms with van der Waals surface area (Å²) in [5.74, 6) is 1.61. The standard InChI is InChI=1S/C12H13ClN4S/c1-14-10-7-4-2-3-5-8(7)16-11(17-10)12-15-6-9(13)18-12/h6H,2-5H2,1H3,(H,14,16,17). The summed E-state index contributed by atoms with van der Waals surface area (Å²) in [7, 11) is 1.90. The third-order valence-corrected chi connectivity index (χ3v) is 4.20. The average molecular weight is 281 g/mol. The van der Waals surface area contributed by atoms with Crippen molar-refractivity contribution in [3.05, 3.63) is 21.8 Å². The first kappa shape index (κ1) is 11.9. The van der Waals surface area contributed by atoms with Crippen LogP contribution in [0.5, 0.6) is 0 Å². The number of nitrogens with one attached hydrogen (secondary N) is 1. The zero-order valence-corrected chi connectivity index (χ0v) is 11.6. The second kappa shape index (κ2) is 4.82. The molecule has 0 aromatic carbocycles. The van der Waals surface area contributed by atoms with Gasteiger partial charge in [0.15, 0.2) is 10.8 Å². The molecule has 0 amide bonds. The Hall–Kier alpha value is -1.20. The largest absolute Gasteiger partial charge is 0.373 e. The van der Waals surface area contributed by atoms with E-state index >= 15 is 0 Å². The molecule has 2 aromatic heterocycles. The summed E-state index contributed by atoms with van der Waals surface area (Å²) in [5, 5.41) is 3.95. The topological polar surface area (TPSA) is 50.7 Å². The maximum atomic E-state index is 5.91. The molecule has 0 saturated carbocycles. The van der Waals surface area contributed by atoms with Gasteiger partial charge in [-0.15, -0.1) is 0 Å². The molecular weight excluding hydrogens is 268 g/mol. The lowest BCUT2D eigenvalue weighted by Gasteiger charge is -2.18. The summed E-state index contributed by atoms with van der Waals surface area (Å²) >= 11 is 7.32. The van der Waals surface area contributed by atoms with Crippen LogP contribution in [0.15, 0.2) is 6.20 Å². The van der Waals surface area contributed by atoms with Gasteiger partial charge in [0.25, 0.3) is 0 Å². The van der Waals surface area contributed by atoms with E-state index in [0.717, 1.165) is 29.4 Å². The Balaban J connectivity index is 2.11. The first-order valence-corrected chi connectivity index (χ1v) is 7.16. The Bertz CT molecular complexity index is 564. The first-order chi connectivity index (χ1) is 8.78. The highest BCUT2D eigenvalue weighted by Gasteiger charge is 2.18. The SMILES string of the molecule is CNc1nc(-c2ncc(Cl)s2)nc2c1CCCC2. The van der Waals surface area contributed by atoms with Crippen molar-refractivity contribution in [1.82, 2.24) is 15.0 Å². The molecule has 6 heteroatoms. The van der Waals surface area contributed by atoms with Crippen LogP contribution in [0.3, 0.4) is 0 Å². The van der Waals surface area contributed by atoms with Crippen molar-refractivity contribution in [3.63, 3.8) is 0 Å². The predicted molar refractivity (Wildman–Crippen MR) is 74.3 cm³/mol. The number of halogens is 1. The van der Waals surface area contributed by atoms with Crippen molar-refractivity contribution in [2.24, 2.45) is 0 Å². The number of nitrogens with zero attached hydrogens (tertiary/aromatic N) is 3. The van der Waals surface area contributed by atoms with Crippen LogP contribution in [-0.2, 0) is 12.8 Å². The van der Waals surface area contributed by atoms with E-state index in [4.69, 9.17) is 11.6 Å². The van der Waals surface area contributed by atoms with Gasteiger partial charge < -0.3 is 5.32 Å². The summed E-state index contributed by atoms with van der Waals surface area (Å²) in [6, 6.07) is 0. The van der Waals surface area contributed by atoms with Gasteiger partial charge in [-0.25, -0.2) is 15.0 Å². The molecule has 3 rings (SSSR count). The van der Waals surface area contributed by atoms with Gasteiger partial charge in [-0.1, -0.05) is 22.9 Å². The molecule has 2 heterocycles. The fourth-order valence-electron chi connectivity index (χ4n) is 2.25. The molecule has 0 unspecified atom stereocenters. The highest BCUT2D eigenvalue weighted by atomic mass is 35.5. The number of rotatable bonds is 2. The van der Waals surface area contributed by atoms with Gasteiger partial charge in [-0.05, 0) is 25.7 Å². The zero-order valence-electron chi connectivity index (χ0n) is 10.0. The lowest BCUT2D eigenvalue weighted by Crippen LogP contribution is -2.11. The Kier molecular flexibility index (Phi) is 3.18. The van der Waals surface area contributed by atoms with Gasteiger partial charge in [0.2, 0.25) is 0 Å². The fourth-order valence-corrected chi connectivity index (χ4v) is 3.10. The van der Waals surface area contributed by atoms with Crippen LogP contribution in [0.1, 0.15) is 24.1 Å². The highest BCUT2D eigenvalue weighted by Crippen LogP contribution is 2.30. The van der Waals surface area contributed by atoms with Gasteiger partial charge in [0, 0.05) is 18.3 Å². The van der Waals surface area contributed by atoms with Crippen LogP contribution in [0.25, 0.3) is 10.8 Å². The molecule has 0 spiro atoms. The van der Waals surface area contributed by atoms with E-state index in [1.54, 1.807) is 6.20 Å². The summed E-state index contributed by atoms with van der Waals surface area (Å²) in [4.78, 5) is 13.4. The van der Waals surface area contributed by atoms with Crippen molar-refractivity contribution < 1.29 is 0 Å². The van der Waals surface area contributed by atoms with E-state index in [2.05, 4.69) is 20.3 Å². The normalized spacial score (nSPS) is 14.3. The van der Waals surface area contributed by atoms with Crippen LogP contribution in [0.2, 0.25) is 4.34 Å². The lowest BCUT2D eigenvalue weighted by atomic mass is 9.96. The molecule has 0 atom stereocenters. The minimum Gasteiger partial charge on any atom is -0.373 e. The molecule has 0 aliphatic heterocycles.